The average molecular weight is 420 g/mol. The van der Waals surface area contributed by atoms with Crippen molar-refractivity contribution in [2.45, 2.75) is 20.0 Å². The maximum absolute atomic E-state index is 12.5. The topological polar surface area (TPSA) is 56.2 Å². The number of benzene rings is 3. The van der Waals surface area contributed by atoms with Crippen LogP contribution in [0.3, 0.4) is 0 Å². The molecule has 152 valence electrons. The number of aryl methyl sites for hydroxylation is 1. The number of aromatic nitrogens is 2. The van der Waals surface area contributed by atoms with Crippen LogP contribution in [0.25, 0.3) is 11.0 Å². The fourth-order valence-corrected chi connectivity index (χ4v) is 3.56. The first-order chi connectivity index (χ1) is 14.6. The van der Waals surface area contributed by atoms with Gasteiger partial charge in [-0.2, -0.15) is 0 Å². The van der Waals surface area contributed by atoms with E-state index in [0.717, 1.165) is 22.4 Å². The van der Waals surface area contributed by atoms with Gasteiger partial charge in [0, 0.05) is 5.56 Å². The van der Waals surface area contributed by atoms with E-state index in [0.29, 0.717) is 36.0 Å². The Balaban J connectivity index is 1.50. The number of nitrogens with zero attached hydrogens (tertiary/aromatic N) is 2. The molecule has 1 N–H and O–H groups in total. The van der Waals surface area contributed by atoms with Crippen LogP contribution >= 0.6 is 11.6 Å². The maximum Gasteiger partial charge on any atom is 0.251 e. The molecule has 0 unspecified atom stereocenters. The molecule has 0 atom stereocenters. The summed E-state index contributed by atoms with van der Waals surface area (Å²) in [6.45, 7) is 3.31. The second-order valence-electron chi connectivity index (χ2n) is 7.00. The number of rotatable bonds is 7. The Morgan fingerprint density at radius 1 is 1.07 bits per heavy atom. The first-order valence-electron chi connectivity index (χ1n) is 9.78. The lowest BCUT2D eigenvalue weighted by Crippen LogP contribution is -2.25. The summed E-state index contributed by atoms with van der Waals surface area (Å²) in [5.74, 6) is 1.31. The van der Waals surface area contributed by atoms with Gasteiger partial charge in [0.1, 0.15) is 18.2 Å². The number of carbonyl (C=O) groups excluding carboxylic acids is 1. The number of fused-ring (bicyclic) bond motifs is 1. The second-order valence-corrected chi connectivity index (χ2v) is 7.41. The van der Waals surface area contributed by atoms with Crippen molar-refractivity contribution in [3.8, 4) is 5.75 Å². The summed E-state index contributed by atoms with van der Waals surface area (Å²) < 4.78 is 7.93. The number of carbonyl (C=O) groups is 1. The molecule has 3 aromatic carbocycles. The molecular weight excluding hydrogens is 398 g/mol. The van der Waals surface area contributed by atoms with Gasteiger partial charge in [0.15, 0.2) is 0 Å². The van der Waals surface area contributed by atoms with E-state index in [1.165, 1.54) is 0 Å². The van der Waals surface area contributed by atoms with Crippen LogP contribution in [-0.2, 0) is 13.1 Å². The number of para-hydroxylation sites is 3. The number of imidazole rings is 1. The molecule has 0 bridgehead atoms. The number of hydrogen-bond acceptors (Lipinski definition) is 3. The summed E-state index contributed by atoms with van der Waals surface area (Å²) >= 11 is 6.17. The molecule has 0 fully saturated rings. The predicted molar refractivity (Wildman–Crippen MR) is 119 cm³/mol. The van der Waals surface area contributed by atoms with Gasteiger partial charge in [0.25, 0.3) is 5.91 Å². The molecule has 1 heterocycles. The van der Waals surface area contributed by atoms with Crippen molar-refractivity contribution in [2.75, 3.05) is 6.61 Å². The predicted octanol–water partition coefficient (Wildman–Crippen LogP) is 5.01. The van der Waals surface area contributed by atoms with Crippen LogP contribution < -0.4 is 10.1 Å². The van der Waals surface area contributed by atoms with Crippen molar-refractivity contribution in [3.05, 3.63) is 94.8 Å². The summed E-state index contributed by atoms with van der Waals surface area (Å²) in [5, 5.41) is 3.56. The normalized spacial score (nSPS) is 10.9. The fourth-order valence-electron chi connectivity index (χ4n) is 3.37. The van der Waals surface area contributed by atoms with E-state index in [1.807, 2.05) is 73.7 Å². The van der Waals surface area contributed by atoms with Gasteiger partial charge in [-0.1, -0.05) is 53.6 Å². The van der Waals surface area contributed by atoms with Crippen molar-refractivity contribution in [1.29, 1.82) is 0 Å². The summed E-state index contributed by atoms with van der Waals surface area (Å²) in [6, 6.07) is 22.8. The number of nitrogens with one attached hydrogen (secondary N) is 1. The number of amides is 1. The van der Waals surface area contributed by atoms with Gasteiger partial charge in [-0.05, 0) is 43.3 Å². The lowest BCUT2D eigenvalue weighted by atomic mass is 10.1. The molecule has 0 aliphatic rings. The van der Waals surface area contributed by atoms with Gasteiger partial charge in [-0.25, -0.2) is 4.98 Å². The quantitative estimate of drug-likeness (QED) is 0.458. The monoisotopic (exact) mass is 419 g/mol. The van der Waals surface area contributed by atoms with Gasteiger partial charge in [-0.3, -0.25) is 4.79 Å². The molecule has 4 rings (SSSR count). The van der Waals surface area contributed by atoms with Crippen LogP contribution in [0.2, 0.25) is 5.02 Å². The minimum Gasteiger partial charge on any atom is -0.490 e. The van der Waals surface area contributed by atoms with Crippen molar-refractivity contribution in [2.24, 2.45) is 0 Å². The van der Waals surface area contributed by atoms with Crippen LogP contribution in [-0.4, -0.2) is 22.1 Å². The molecule has 6 heteroatoms. The molecule has 4 aromatic rings. The number of halogens is 1. The lowest BCUT2D eigenvalue weighted by Gasteiger charge is -2.12. The smallest absolute Gasteiger partial charge is 0.251 e. The average Bonchev–Trinajstić information content (AvgIpc) is 3.11. The van der Waals surface area contributed by atoms with Crippen molar-refractivity contribution in [3.63, 3.8) is 0 Å². The van der Waals surface area contributed by atoms with Crippen molar-refractivity contribution < 1.29 is 9.53 Å². The first kappa shape index (κ1) is 20.0. The summed E-state index contributed by atoms with van der Waals surface area (Å²) in [5.41, 5.74) is 3.57. The molecule has 0 saturated heterocycles. The first-order valence-corrected chi connectivity index (χ1v) is 10.2. The highest BCUT2D eigenvalue weighted by molar-refractivity contribution is 6.32. The Hall–Kier alpha value is -3.31. The molecule has 0 spiro atoms. The van der Waals surface area contributed by atoms with Gasteiger partial charge >= 0.3 is 0 Å². The zero-order valence-electron chi connectivity index (χ0n) is 16.6. The Kier molecular flexibility index (Phi) is 6.00. The summed E-state index contributed by atoms with van der Waals surface area (Å²) in [6.07, 6.45) is 0. The highest BCUT2D eigenvalue weighted by Gasteiger charge is 2.13. The number of ether oxygens (including phenoxy) is 1. The van der Waals surface area contributed by atoms with E-state index in [-0.39, 0.29) is 5.91 Å². The molecule has 30 heavy (non-hydrogen) atoms. The van der Waals surface area contributed by atoms with Crippen molar-refractivity contribution in [1.82, 2.24) is 14.9 Å². The van der Waals surface area contributed by atoms with Gasteiger partial charge in [-0.15, -0.1) is 0 Å². The zero-order chi connectivity index (χ0) is 20.9. The standard InChI is InChI=1S/C24H22ClN3O2/c1-17-7-6-8-18(15-17)24(29)26-16-23-27-20-10-3-4-11-21(20)28(23)13-14-30-22-12-5-2-9-19(22)25/h2-12,15H,13-14,16H2,1H3,(H,26,29). The molecule has 1 amide bonds. The largest absolute Gasteiger partial charge is 0.490 e. The van der Waals surface area contributed by atoms with E-state index in [4.69, 9.17) is 21.3 Å². The third-order valence-corrected chi connectivity index (χ3v) is 5.14. The van der Waals surface area contributed by atoms with E-state index in [9.17, 15) is 4.79 Å². The SMILES string of the molecule is Cc1cccc(C(=O)NCc2nc3ccccc3n2CCOc2ccccc2Cl)c1. The molecule has 5 nitrogen and oxygen atoms in total. The molecule has 1 aromatic heterocycles. The van der Waals surface area contributed by atoms with Crippen LogP contribution in [0.15, 0.2) is 72.8 Å². The van der Waals surface area contributed by atoms with Crippen LogP contribution in [0.4, 0.5) is 0 Å². The fraction of sp³-hybridized carbons (Fsp3) is 0.167. The Bertz CT molecular complexity index is 1190. The Labute approximate surface area is 180 Å². The van der Waals surface area contributed by atoms with E-state index < -0.39 is 0 Å². The Morgan fingerprint density at radius 2 is 1.87 bits per heavy atom. The van der Waals surface area contributed by atoms with E-state index in [1.54, 1.807) is 6.07 Å². The molecular formula is C24H22ClN3O2. The molecule has 0 radical (unpaired) electrons. The van der Waals surface area contributed by atoms with Crippen molar-refractivity contribution >= 4 is 28.5 Å². The molecule has 0 saturated carbocycles. The third kappa shape index (κ3) is 4.47. The summed E-state index contributed by atoms with van der Waals surface area (Å²) in [7, 11) is 0. The third-order valence-electron chi connectivity index (χ3n) is 4.83. The Morgan fingerprint density at radius 3 is 2.70 bits per heavy atom. The number of hydrogen-bond donors (Lipinski definition) is 1. The van der Waals surface area contributed by atoms with Crippen LogP contribution in [0.1, 0.15) is 21.7 Å². The van der Waals surface area contributed by atoms with Gasteiger partial charge in [0.2, 0.25) is 0 Å². The molecule has 0 aliphatic heterocycles. The van der Waals surface area contributed by atoms with Crippen LogP contribution in [0, 0.1) is 6.92 Å². The summed E-state index contributed by atoms with van der Waals surface area (Å²) in [4.78, 5) is 17.3. The maximum atomic E-state index is 12.5. The molecule has 0 aliphatic carbocycles. The van der Waals surface area contributed by atoms with E-state index in [2.05, 4.69) is 9.88 Å². The van der Waals surface area contributed by atoms with Gasteiger partial charge in [0.05, 0.1) is 29.1 Å². The minimum atomic E-state index is -0.121. The van der Waals surface area contributed by atoms with Gasteiger partial charge < -0.3 is 14.6 Å². The highest BCUT2D eigenvalue weighted by Crippen LogP contribution is 2.23. The second kappa shape index (κ2) is 9.01. The highest BCUT2D eigenvalue weighted by atomic mass is 35.5. The van der Waals surface area contributed by atoms with Crippen LogP contribution in [0.5, 0.6) is 5.75 Å². The van der Waals surface area contributed by atoms with E-state index >= 15 is 0 Å². The lowest BCUT2D eigenvalue weighted by molar-refractivity contribution is 0.0949. The zero-order valence-corrected chi connectivity index (χ0v) is 17.4. The minimum absolute atomic E-state index is 0.121.